The van der Waals surface area contributed by atoms with Crippen LogP contribution in [-0.2, 0) is 11.8 Å². The lowest BCUT2D eigenvalue weighted by atomic mass is 10.1. The van der Waals surface area contributed by atoms with Crippen molar-refractivity contribution in [2.45, 2.75) is 13.8 Å². The van der Waals surface area contributed by atoms with Gasteiger partial charge in [-0.25, -0.2) is 4.68 Å². The summed E-state index contributed by atoms with van der Waals surface area (Å²) >= 11 is 0. The van der Waals surface area contributed by atoms with Crippen LogP contribution >= 0.6 is 0 Å². The van der Waals surface area contributed by atoms with Crippen LogP contribution in [0.5, 0.6) is 0 Å². The van der Waals surface area contributed by atoms with E-state index in [9.17, 15) is 4.79 Å². The Morgan fingerprint density at radius 3 is 2.27 bits per heavy atom. The van der Waals surface area contributed by atoms with Gasteiger partial charge in [0.25, 0.3) is 0 Å². The molecule has 0 aliphatic rings. The predicted molar refractivity (Wildman–Crippen MR) is 119 cm³/mol. The maximum absolute atomic E-state index is 12.6. The number of rotatable bonds is 5. The Kier molecular flexibility index (Phi) is 5.30. The minimum absolute atomic E-state index is 0.208. The maximum Gasteiger partial charge on any atom is 0.248 e. The van der Waals surface area contributed by atoms with Gasteiger partial charge in [-0.3, -0.25) is 9.48 Å². The average Bonchev–Trinajstić information content (AvgIpc) is 3.30. The van der Waals surface area contributed by atoms with Crippen molar-refractivity contribution in [3.8, 4) is 16.9 Å². The number of nitrogens with one attached hydrogen (secondary N) is 1. The fourth-order valence-electron chi connectivity index (χ4n) is 3.33. The number of nitrogens with zero attached hydrogens (tertiary/aromatic N) is 4. The summed E-state index contributed by atoms with van der Waals surface area (Å²) in [5.41, 5.74) is 6.08. The number of hydrogen-bond donors (Lipinski definition) is 1. The predicted octanol–water partition coefficient (Wildman–Crippen LogP) is 4.54. The second-order valence-corrected chi connectivity index (χ2v) is 7.07. The van der Waals surface area contributed by atoms with Crippen molar-refractivity contribution < 1.29 is 4.79 Å². The Hall–Kier alpha value is -3.93. The standard InChI is InChI=1S/C24H23N5O/c1-17-23(18(2)28(3)26-17)25-22(30)15-14-20-16-29(21-12-8-5-9-13-21)27-24(20)19-10-6-4-7-11-19/h4-16H,1-3H3,(H,25,30). The first-order valence-electron chi connectivity index (χ1n) is 9.72. The number of para-hydroxylation sites is 1. The van der Waals surface area contributed by atoms with Crippen molar-refractivity contribution in [2.24, 2.45) is 7.05 Å². The summed E-state index contributed by atoms with van der Waals surface area (Å²) in [4.78, 5) is 12.6. The highest BCUT2D eigenvalue weighted by Gasteiger charge is 2.13. The molecule has 30 heavy (non-hydrogen) atoms. The molecule has 4 rings (SSSR count). The Balaban J connectivity index is 1.65. The molecule has 0 atom stereocenters. The van der Waals surface area contributed by atoms with Crippen LogP contribution in [0.2, 0.25) is 0 Å². The zero-order chi connectivity index (χ0) is 21.1. The van der Waals surface area contributed by atoms with Gasteiger partial charge in [0.1, 0.15) is 0 Å². The van der Waals surface area contributed by atoms with Gasteiger partial charge in [-0.2, -0.15) is 10.2 Å². The van der Waals surface area contributed by atoms with Crippen LogP contribution in [0.15, 0.2) is 72.9 Å². The molecule has 0 saturated heterocycles. The van der Waals surface area contributed by atoms with Crippen molar-refractivity contribution in [1.29, 1.82) is 0 Å². The fourth-order valence-corrected chi connectivity index (χ4v) is 3.33. The van der Waals surface area contributed by atoms with E-state index >= 15 is 0 Å². The number of aryl methyl sites for hydroxylation is 2. The monoisotopic (exact) mass is 397 g/mol. The van der Waals surface area contributed by atoms with Crippen LogP contribution < -0.4 is 5.32 Å². The number of carbonyl (C=O) groups excluding carboxylic acids is 1. The van der Waals surface area contributed by atoms with Gasteiger partial charge in [-0.15, -0.1) is 0 Å². The lowest BCUT2D eigenvalue weighted by molar-refractivity contribution is -0.111. The number of aromatic nitrogens is 4. The van der Waals surface area contributed by atoms with Crippen molar-refractivity contribution >= 4 is 17.7 Å². The van der Waals surface area contributed by atoms with Gasteiger partial charge in [0.05, 0.1) is 28.5 Å². The van der Waals surface area contributed by atoms with Crippen molar-refractivity contribution in [2.75, 3.05) is 5.32 Å². The van der Waals surface area contributed by atoms with E-state index in [1.54, 1.807) is 10.8 Å². The maximum atomic E-state index is 12.6. The molecule has 1 amide bonds. The normalized spacial score (nSPS) is 11.2. The summed E-state index contributed by atoms with van der Waals surface area (Å²) in [5.74, 6) is -0.208. The first-order valence-corrected chi connectivity index (χ1v) is 9.72. The number of anilines is 1. The second kappa shape index (κ2) is 8.21. The van der Waals surface area contributed by atoms with Gasteiger partial charge in [-0.05, 0) is 32.1 Å². The highest BCUT2D eigenvalue weighted by molar-refractivity contribution is 6.03. The summed E-state index contributed by atoms with van der Waals surface area (Å²) in [5, 5.41) is 12.0. The molecule has 2 aromatic heterocycles. The first-order chi connectivity index (χ1) is 14.5. The van der Waals surface area contributed by atoms with E-state index in [-0.39, 0.29) is 5.91 Å². The summed E-state index contributed by atoms with van der Waals surface area (Å²) in [6.45, 7) is 3.81. The summed E-state index contributed by atoms with van der Waals surface area (Å²) in [6.07, 6.45) is 5.26. The minimum Gasteiger partial charge on any atom is -0.319 e. The molecular formula is C24H23N5O. The SMILES string of the molecule is Cc1nn(C)c(C)c1NC(=O)C=Cc1cn(-c2ccccc2)nc1-c1ccccc1. The smallest absolute Gasteiger partial charge is 0.248 e. The van der Waals surface area contributed by atoms with Crippen molar-refractivity contribution in [1.82, 2.24) is 19.6 Å². The van der Waals surface area contributed by atoms with Crippen LogP contribution in [0.25, 0.3) is 23.0 Å². The Morgan fingerprint density at radius 2 is 1.63 bits per heavy atom. The molecule has 0 aliphatic heterocycles. The molecule has 0 fully saturated rings. The lowest BCUT2D eigenvalue weighted by Gasteiger charge is -2.02. The van der Waals surface area contributed by atoms with E-state index < -0.39 is 0 Å². The minimum atomic E-state index is -0.208. The molecule has 0 aliphatic carbocycles. The highest BCUT2D eigenvalue weighted by Crippen LogP contribution is 2.25. The third kappa shape index (κ3) is 3.93. The Morgan fingerprint density at radius 1 is 0.967 bits per heavy atom. The zero-order valence-corrected chi connectivity index (χ0v) is 17.2. The molecule has 0 radical (unpaired) electrons. The fraction of sp³-hybridized carbons (Fsp3) is 0.125. The third-order valence-electron chi connectivity index (χ3n) is 4.98. The molecule has 2 aromatic carbocycles. The molecule has 0 saturated carbocycles. The quantitative estimate of drug-likeness (QED) is 0.503. The Bertz CT molecular complexity index is 1200. The van der Waals surface area contributed by atoms with Gasteiger partial charge in [-0.1, -0.05) is 48.5 Å². The van der Waals surface area contributed by atoms with Crippen LogP contribution in [0, 0.1) is 13.8 Å². The number of benzene rings is 2. The molecular weight excluding hydrogens is 374 g/mol. The van der Waals surface area contributed by atoms with Gasteiger partial charge in [0, 0.05) is 30.4 Å². The molecule has 4 aromatic rings. The summed E-state index contributed by atoms with van der Waals surface area (Å²) in [7, 11) is 1.86. The largest absolute Gasteiger partial charge is 0.319 e. The molecule has 0 unspecified atom stereocenters. The Labute approximate surface area is 175 Å². The van der Waals surface area contributed by atoms with E-state index in [1.165, 1.54) is 6.08 Å². The summed E-state index contributed by atoms with van der Waals surface area (Å²) < 4.78 is 3.58. The number of carbonyl (C=O) groups is 1. The van der Waals surface area contributed by atoms with Gasteiger partial charge in [0.15, 0.2) is 0 Å². The van der Waals surface area contributed by atoms with Crippen LogP contribution in [0.3, 0.4) is 0 Å². The molecule has 2 heterocycles. The average molecular weight is 397 g/mol. The van der Waals surface area contributed by atoms with E-state index in [1.807, 2.05) is 92.4 Å². The molecule has 6 nitrogen and oxygen atoms in total. The topological polar surface area (TPSA) is 64.7 Å². The van der Waals surface area contributed by atoms with E-state index in [2.05, 4.69) is 10.4 Å². The van der Waals surface area contributed by atoms with E-state index in [0.29, 0.717) is 0 Å². The van der Waals surface area contributed by atoms with E-state index in [4.69, 9.17) is 5.10 Å². The molecule has 0 spiro atoms. The third-order valence-corrected chi connectivity index (χ3v) is 4.98. The van der Waals surface area contributed by atoms with E-state index in [0.717, 1.165) is 39.6 Å². The second-order valence-electron chi connectivity index (χ2n) is 7.07. The van der Waals surface area contributed by atoms with Gasteiger partial charge >= 0.3 is 0 Å². The van der Waals surface area contributed by atoms with Gasteiger partial charge < -0.3 is 5.32 Å². The van der Waals surface area contributed by atoms with Crippen molar-refractivity contribution in [3.05, 3.63) is 89.9 Å². The molecule has 1 N–H and O–H groups in total. The van der Waals surface area contributed by atoms with Crippen LogP contribution in [-0.4, -0.2) is 25.5 Å². The molecule has 150 valence electrons. The lowest BCUT2D eigenvalue weighted by Crippen LogP contribution is -2.09. The van der Waals surface area contributed by atoms with Crippen molar-refractivity contribution in [3.63, 3.8) is 0 Å². The first kappa shape index (κ1) is 19.4. The summed E-state index contributed by atoms with van der Waals surface area (Å²) in [6, 6.07) is 19.9. The van der Waals surface area contributed by atoms with Crippen LogP contribution in [0.1, 0.15) is 17.0 Å². The number of amides is 1. The zero-order valence-electron chi connectivity index (χ0n) is 17.2. The van der Waals surface area contributed by atoms with Gasteiger partial charge in [0.2, 0.25) is 5.91 Å². The number of hydrogen-bond acceptors (Lipinski definition) is 3. The molecule has 6 heteroatoms. The molecule has 0 bridgehead atoms. The van der Waals surface area contributed by atoms with Crippen LogP contribution in [0.4, 0.5) is 5.69 Å². The highest BCUT2D eigenvalue weighted by atomic mass is 16.1.